The topological polar surface area (TPSA) is 74.8 Å². The third kappa shape index (κ3) is 2.67. The number of thiophene rings is 1. The predicted octanol–water partition coefficient (Wildman–Crippen LogP) is 2.79. The third-order valence-corrected chi connectivity index (χ3v) is 5.10. The van der Waals surface area contributed by atoms with Gasteiger partial charge in [-0.2, -0.15) is 16.4 Å². The molecule has 0 aliphatic heterocycles. The van der Waals surface area contributed by atoms with Crippen LogP contribution in [0.3, 0.4) is 0 Å². The molecule has 22 heavy (non-hydrogen) atoms. The van der Waals surface area contributed by atoms with Gasteiger partial charge in [0.1, 0.15) is 12.0 Å². The number of nitrogens with zero attached hydrogens (tertiary/aromatic N) is 4. The molecule has 0 unspecified atom stereocenters. The van der Waals surface area contributed by atoms with Crippen LogP contribution in [-0.2, 0) is 6.54 Å². The van der Waals surface area contributed by atoms with Gasteiger partial charge in [0, 0.05) is 18.0 Å². The van der Waals surface area contributed by atoms with Crippen LogP contribution < -0.4 is 0 Å². The van der Waals surface area contributed by atoms with E-state index in [1.165, 1.54) is 23.2 Å². The van der Waals surface area contributed by atoms with E-state index in [1.807, 2.05) is 10.3 Å². The van der Waals surface area contributed by atoms with Gasteiger partial charge in [-0.25, -0.2) is 9.97 Å². The first-order valence-corrected chi connectivity index (χ1v) is 8.77. The lowest BCUT2D eigenvalue weighted by atomic mass is 10.3. The number of hydrogen-bond acceptors (Lipinski definition) is 6. The van der Waals surface area contributed by atoms with Crippen LogP contribution in [-0.4, -0.2) is 37.0 Å². The number of rotatable bonds is 5. The van der Waals surface area contributed by atoms with Crippen molar-refractivity contribution in [2.75, 3.05) is 0 Å². The molecule has 3 aromatic rings. The molecule has 0 atom stereocenters. The van der Waals surface area contributed by atoms with Crippen LogP contribution in [0.1, 0.15) is 28.9 Å². The van der Waals surface area contributed by atoms with E-state index >= 15 is 0 Å². The van der Waals surface area contributed by atoms with Gasteiger partial charge in [-0.15, -0.1) is 11.3 Å². The van der Waals surface area contributed by atoms with Crippen molar-refractivity contribution in [2.24, 2.45) is 0 Å². The molecular weight excluding hydrogens is 318 g/mol. The molecule has 0 radical (unpaired) electrons. The lowest BCUT2D eigenvalue weighted by Gasteiger charge is -2.20. The lowest BCUT2D eigenvalue weighted by Crippen LogP contribution is -2.32. The van der Waals surface area contributed by atoms with Crippen molar-refractivity contribution < 1.29 is 4.79 Å². The Morgan fingerprint density at radius 1 is 1.41 bits per heavy atom. The van der Waals surface area contributed by atoms with Crippen molar-refractivity contribution in [2.45, 2.75) is 25.4 Å². The minimum atomic E-state index is -0.00397. The van der Waals surface area contributed by atoms with Crippen molar-refractivity contribution in [1.82, 2.24) is 25.1 Å². The number of aromatic nitrogens is 4. The van der Waals surface area contributed by atoms with Gasteiger partial charge in [-0.05, 0) is 35.2 Å². The van der Waals surface area contributed by atoms with Gasteiger partial charge in [0.15, 0.2) is 10.8 Å². The van der Waals surface area contributed by atoms with Crippen LogP contribution in [0.15, 0.2) is 28.5 Å². The van der Waals surface area contributed by atoms with E-state index in [0.717, 1.165) is 12.8 Å². The first kappa shape index (κ1) is 13.6. The summed E-state index contributed by atoms with van der Waals surface area (Å²) in [7, 11) is 0. The number of carbonyl (C=O) groups is 1. The van der Waals surface area contributed by atoms with E-state index in [4.69, 9.17) is 0 Å². The maximum atomic E-state index is 12.8. The predicted molar refractivity (Wildman–Crippen MR) is 84.7 cm³/mol. The Hall–Kier alpha value is -2.06. The minimum Gasteiger partial charge on any atom is -0.330 e. The van der Waals surface area contributed by atoms with E-state index in [0.29, 0.717) is 29.1 Å². The van der Waals surface area contributed by atoms with Crippen molar-refractivity contribution in [3.63, 3.8) is 0 Å². The molecule has 0 bridgehead atoms. The fraction of sp³-hybridized carbons (Fsp3) is 0.286. The number of nitrogens with one attached hydrogen (secondary N) is 1. The van der Waals surface area contributed by atoms with Crippen LogP contribution in [0.5, 0.6) is 0 Å². The van der Waals surface area contributed by atoms with Gasteiger partial charge < -0.3 is 4.90 Å². The third-order valence-electron chi connectivity index (χ3n) is 3.52. The van der Waals surface area contributed by atoms with E-state index < -0.39 is 0 Å². The number of hydrogen-bond donors (Lipinski definition) is 1. The summed E-state index contributed by atoms with van der Waals surface area (Å²) >= 11 is 3.06. The Morgan fingerprint density at radius 3 is 3.00 bits per heavy atom. The molecule has 3 aromatic heterocycles. The minimum absolute atomic E-state index is 0.00397. The first-order chi connectivity index (χ1) is 10.8. The largest absolute Gasteiger partial charge is 0.330 e. The van der Waals surface area contributed by atoms with Crippen molar-refractivity contribution in [3.05, 3.63) is 39.8 Å². The smallest absolute Gasteiger partial charge is 0.273 e. The van der Waals surface area contributed by atoms with Crippen LogP contribution in [0.4, 0.5) is 0 Å². The van der Waals surface area contributed by atoms with Crippen molar-refractivity contribution >= 4 is 28.6 Å². The fourth-order valence-corrected chi connectivity index (χ4v) is 3.67. The molecule has 0 saturated heterocycles. The number of carbonyl (C=O) groups excluding carboxylic acids is 1. The Kier molecular flexibility index (Phi) is 3.47. The summed E-state index contributed by atoms with van der Waals surface area (Å²) in [5.74, 6) is 0.593. The van der Waals surface area contributed by atoms with Crippen molar-refractivity contribution in [1.29, 1.82) is 0 Å². The quantitative estimate of drug-likeness (QED) is 0.780. The summed E-state index contributed by atoms with van der Waals surface area (Å²) in [6.07, 6.45) is 3.59. The first-order valence-electron chi connectivity index (χ1n) is 6.94. The van der Waals surface area contributed by atoms with Crippen LogP contribution in [0.2, 0.25) is 0 Å². The maximum absolute atomic E-state index is 12.8. The molecule has 1 N–H and O–H groups in total. The summed E-state index contributed by atoms with van der Waals surface area (Å²) in [4.78, 5) is 23.2. The summed E-state index contributed by atoms with van der Waals surface area (Å²) in [5, 5.41) is 13.2. The van der Waals surface area contributed by atoms with Gasteiger partial charge in [0.2, 0.25) is 0 Å². The molecule has 1 aliphatic carbocycles. The number of aromatic amines is 1. The molecule has 8 heteroatoms. The summed E-state index contributed by atoms with van der Waals surface area (Å²) in [6, 6.07) is 2.41. The zero-order chi connectivity index (χ0) is 14.9. The second-order valence-electron chi connectivity index (χ2n) is 5.17. The molecule has 3 heterocycles. The fourth-order valence-electron chi connectivity index (χ4n) is 2.27. The SMILES string of the molecule is O=C(c1csc(-c2ncn[nH]2)n1)N(Cc1ccsc1)C1CC1. The highest BCUT2D eigenvalue weighted by Crippen LogP contribution is 2.31. The summed E-state index contributed by atoms with van der Waals surface area (Å²) in [6.45, 7) is 0.655. The molecule has 1 fully saturated rings. The van der Waals surface area contributed by atoms with Gasteiger partial charge in [-0.3, -0.25) is 9.89 Å². The number of H-pyrrole nitrogens is 1. The highest BCUT2D eigenvalue weighted by Gasteiger charge is 2.34. The summed E-state index contributed by atoms with van der Waals surface area (Å²) < 4.78 is 0. The molecule has 4 rings (SSSR count). The Labute approximate surface area is 134 Å². The average Bonchev–Trinajstić information content (AvgIpc) is 3.01. The second-order valence-corrected chi connectivity index (χ2v) is 6.81. The monoisotopic (exact) mass is 331 g/mol. The van der Waals surface area contributed by atoms with Crippen LogP contribution in [0.25, 0.3) is 10.8 Å². The zero-order valence-corrected chi connectivity index (χ0v) is 13.2. The standard InChI is InChI=1S/C14H13N5OS2/c20-14(11-7-22-13(17-11)12-15-8-16-18-12)19(10-1-2-10)5-9-3-4-21-6-9/h3-4,6-8,10H,1-2,5H2,(H,15,16,18). The van der Waals surface area contributed by atoms with Gasteiger partial charge in [0.25, 0.3) is 5.91 Å². The average molecular weight is 331 g/mol. The van der Waals surface area contributed by atoms with Crippen LogP contribution >= 0.6 is 22.7 Å². The van der Waals surface area contributed by atoms with Crippen molar-refractivity contribution in [3.8, 4) is 10.8 Å². The van der Waals surface area contributed by atoms with E-state index in [9.17, 15) is 4.79 Å². The Bertz CT molecular complexity index is 761. The van der Waals surface area contributed by atoms with E-state index in [1.54, 1.807) is 16.7 Å². The van der Waals surface area contributed by atoms with Crippen LogP contribution in [0, 0.1) is 0 Å². The Balaban J connectivity index is 1.56. The van der Waals surface area contributed by atoms with Gasteiger partial charge in [-0.1, -0.05) is 0 Å². The second kappa shape index (κ2) is 5.62. The van der Waals surface area contributed by atoms with Gasteiger partial charge in [0.05, 0.1) is 0 Å². The highest BCUT2D eigenvalue weighted by atomic mass is 32.1. The molecular formula is C14H13N5OS2. The molecule has 1 amide bonds. The highest BCUT2D eigenvalue weighted by molar-refractivity contribution is 7.13. The lowest BCUT2D eigenvalue weighted by molar-refractivity contribution is 0.0725. The molecule has 112 valence electrons. The normalized spacial score (nSPS) is 14.2. The van der Waals surface area contributed by atoms with E-state index in [2.05, 4.69) is 31.6 Å². The van der Waals surface area contributed by atoms with Gasteiger partial charge >= 0.3 is 0 Å². The Morgan fingerprint density at radius 2 is 2.32 bits per heavy atom. The number of amides is 1. The zero-order valence-electron chi connectivity index (χ0n) is 11.6. The maximum Gasteiger partial charge on any atom is 0.273 e. The van der Waals surface area contributed by atoms with E-state index in [-0.39, 0.29) is 5.91 Å². The molecule has 6 nitrogen and oxygen atoms in total. The molecule has 1 saturated carbocycles. The molecule has 1 aliphatic rings. The summed E-state index contributed by atoms with van der Waals surface area (Å²) in [5.41, 5.74) is 1.66. The molecule has 0 aromatic carbocycles. The number of thiazole rings is 1. The molecule has 0 spiro atoms.